The highest BCUT2D eigenvalue weighted by Crippen LogP contribution is 2.27. The van der Waals surface area contributed by atoms with Crippen LogP contribution in [0.4, 0.5) is 19.0 Å². The first-order chi connectivity index (χ1) is 9.20. The number of likely N-dealkylation sites (N-methyl/N-ethyl adjacent to an activating group) is 1. The minimum atomic E-state index is -4.45. The van der Waals surface area contributed by atoms with E-state index >= 15 is 0 Å². The number of anilines is 1. The Morgan fingerprint density at radius 3 is 2.25 bits per heavy atom. The molecule has 7 heteroatoms. The third kappa shape index (κ3) is 5.32. The van der Waals surface area contributed by atoms with Crippen LogP contribution in [0.3, 0.4) is 0 Å². The van der Waals surface area contributed by atoms with E-state index in [9.17, 15) is 13.2 Å². The van der Waals surface area contributed by atoms with Gasteiger partial charge in [-0.25, -0.2) is 0 Å². The van der Waals surface area contributed by atoms with Gasteiger partial charge in [0.2, 0.25) is 0 Å². The molecule has 0 saturated carbocycles. The van der Waals surface area contributed by atoms with Crippen LogP contribution in [0.25, 0.3) is 0 Å². The molecule has 1 N–H and O–H groups in total. The molecule has 0 spiro atoms. The van der Waals surface area contributed by atoms with E-state index in [2.05, 4.69) is 34.3 Å². The van der Waals surface area contributed by atoms with Gasteiger partial charge < -0.3 is 10.2 Å². The number of nitrogens with zero attached hydrogens (tertiary/aromatic N) is 3. The predicted molar refractivity (Wildman–Crippen MR) is 72.5 cm³/mol. The summed E-state index contributed by atoms with van der Waals surface area (Å²) >= 11 is 0. The molecule has 0 fully saturated rings. The van der Waals surface area contributed by atoms with E-state index < -0.39 is 11.9 Å². The van der Waals surface area contributed by atoms with Crippen LogP contribution in [-0.2, 0) is 6.18 Å². The van der Waals surface area contributed by atoms with Crippen LogP contribution in [0.2, 0.25) is 0 Å². The van der Waals surface area contributed by atoms with E-state index in [0.717, 1.165) is 12.5 Å². The van der Waals surface area contributed by atoms with Crippen LogP contribution in [0.5, 0.6) is 0 Å². The number of aromatic nitrogens is 2. The SMILES string of the molecule is CC(C)CC(CNc1ccc(C(F)(F)F)nn1)N(C)C. The van der Waals surface area contributed by atoms with E-state index in [1.54, 1.807) is 0 Å². The fourth-order valence-electron chi connectivity index (χ4n) is 1.82. The minimum Gasteiger partial charge on any atom is -0.367 e. The predicted octanol–water partition coefficient (Wildman–Crippen LogP) is 2.88. The van der Waals surface area contributed by atoms with Crippen molar-refractivity contribution in [1.29, 1.82) is 0 Å². The highest BCUT2D eigenvalue weighted by molar-refractivity contribution is 5.33. The van der Waals surface area contributed by atoms with Gasteiger partial charge in [-0.1, -0.05) is 13.8 Å². The van der Waals surface area contributed by atoms with Gasteiger partial charge in [-0.3, -0.25) is 0 Å². The van der Waals surface area contributed by atoms with Gasteiger partial charge in [0.15, 0.2) is 5.69 Å². The highest BCUT2D eigenvalue weighted by atomic mass is 19.4. The number of rotatable bonds is 6. The molecule has 0 amide bonds. The second kappa shape index (κ2) is 6.88. The first-order valence-electron chi connectivity index (χ1n) is 6.51. The van der Waals surface area contributed by atoms with E-state index in [0.29, 0.717) is 24.3 Å². The molecule has 1 atom stereocenters. The highest BCUT2D eigenvalue weighted by Gasteiger charge is 2.32. The molecular formula is C13H21F3N4. The Balaban J connectivity index is 2.60. The molecule has 0 aliphatic rings. The Bertz CT molecular complexity index is 401. The van der Waals surface area contributed by atoms with Crippen LogP contribution >= 0.6 is 0 Å². The number of hydrogen-bond donors (Lipinski definition) is 1. The van der Waals surface area contributed by atoms with Crippen molar-refractivity contribution in [2.75, 3.05) is 26.0 Å². The lowest BCUT2D eigenvalue weighted by Crippen LogP contribution is -2.35. The fourth-order valence-corrected chi connectivity index (χ4v) is 1.82. The molecule has 1 rings (SSSR count). The molecule has 1 unspecified atom stereocenters. The van der Waals surface area contributed by atoms with E-state index in [1.165, 1.54) is 6.07 Å². The van der Waals surface area contributed by atoms with Crippen LogP contribution < -0.4 is 5.32 Å². The van der Waals surface area contributed by atoms with Gasteiger partial charge in [0.25, 0.3) is 0 Å². The Morgan fingerprint density at radius 1 is 1.20 bits per heavy atom. The molecule has 1 aromatic rings. The van der Waals surface area contributed by atoms with Crippen molar-refractivity contribution in [3.05, 3.63) is 17.8 Å². The Hall–Kier alpha value is -1.37. The number of nitrogens with one attached hydrogen (secondary N) is 1. The molecule has 0 radical (unpaired) electrons. The lowest BCUT2D eigenvalue weighted by Gasteiger charge is -2.26. The number of halogens is 3. The fraction of sp³-hybridized carbons (Fsp3) is 0.692. The maximum absolute atomic E-state index is 12.4. The van der Waals surface area contributed by atoms with Crippen LogP contribution in [-0.4, -0.2) is 41.8 Å². The maximum atomic E-state index is 12.4. The molecular weight excluding hydrogens is 269 g/mol. The summed E-state index contributed by atoms with van der Waals surface area (Å²) in [5.41, 5.74) is -0.977. The lowest BCUT2D eigenvalue weighted by atomic mass is 10.0. The van der Waals surface area contributed by atoms with Gasteiger partial charge in [-0.05, 0) is 38.6 Å². The zero-order chi connectivity index (χ0) is 15.3. The Morgan fingerprint density at radius 2 is 1.85 bits per heavy atom. The van der Waals surface area contributed by atoms with Crippen LogP contribution in [0.1, 0.15) is 26.0 Å². The smallest absolute Gasteiger partial charge is 0.367 e. The average Bonchev–Trinajstić information content (AvgIpc) is 2.33. The van der Waals surface area contributed by atoms with Gasteiger partial charge >= 0.3 is 6.18 Å². The maximum Gasteiger partial charge on any atom is 0.435 e. The third-order valence-corrected chi connectivity index (χ3v) is 2.95. The van der Waals surface area contributed by atoms with Gasteiger partial charge in [-0.2, -0.15) is 13.2 Å². The largest absolute Gasteiger partial charge is 0.435 e. The molecule has 1 heterocycles. The summed E-state index contributed by atoms with van der Waals surface area (Å²) in [7, 11) is 3.96. The second-order valence-corrected chi connectivity index (χ2v) is 5.43. The van der Waals surface area contributed by atoms with Gasteiger partial charge in [0, 0.05) is 12.6 Å². The molecule has 4 nitrogen and oxygen atoms in total. The molecule has 20 heavy (non-hydrogen) atoms. The van der Waals surface area contributed by atoms with Crippen LogP contribution in [0.15, 0.2) is 12.1 Å². The summed E-state index contributed by atoms with van der Waals surface area (Å²) in [5, 5.41) is 9.77. The summed E-state index contributed by atoms with van der Waals surface area (Å²) in [5.74, 6) is 0.900. The van der Waals surface area contributed by atoms with E-state index in [4.69, 9.17) is 0 Å². The third-order valence-electron chi connectivity index (χ3n) is 2.95. The first-order valence-corrected chi connectivity index (χ1v) is 6.51. The second-order valence-electron chi connectivity index (χ2n) is 5.43. The van der Waals surface area contributed by atoms with Crippen molar-refractivity contribution >= 4 is 5.82 Å². The molecule has 0 aliphatic carbocycles. The lowest BCUT2D eigenvalue weighted by molar-refractivity contribution is -0.141. The quantitative estimate of drug-likeness (QED) is 0.874. The molecule has 0 aliphatic heterocycles. The zero-order valence-corrected chi connectivity index (χ0v) is 12.2. The van der Waals surface area contributed by atoms with Crippen molar-refractivity contribution in [3.8, 4) is 0 Å². The Kier molecular flexibility index (Phi) is 5.74. The molecule has 0 aromatic carbocycles. The molecule has 0 saturated heterocycles. The van der Waals surface area contributed by atoms with Crippen molar-refractivity contribution in [3.63, 3.8) is 0 Å². The average molecular weight is 290 g/mol. The van der Waals surface area contributed by atoms with Gasteiger partial charge in [-0.15, -0.1) is 10.2 Å². The van der Waals surface area contributed by atoms with Crippen molar-refractivity contribution in [1.82, 2.24) is 15.1 Å². The normalized spacial score (nSPS) is 13.8. The summed E-state index contributed by atoms with van der Waals surface area (Å²) in [6.07, 6.45) is -3.45. The van der Waals surface area contributed by atoms with E-state index in [-0.39, 0.29) is 0 Å². The van der Waals surface area contributed by atoms with Gasteiger partial charge in [0.05, 0.1) is 0 Å². The first kappa shape index (κ1) is 16.7. The number of alkyl halides is 3. The van der Waals surface area contributed by atoms with Crippen molar-refractivity contribution in [2.45, 2.75) is 32.5 Å². The number of hydrogen-bond acceptors (Lipinski definition) is 4. The van der Waals surface area contributed by atoms with E-state index in [1.807, 2.05) is 14.1 Å². The zero-order valence-electron chi connectivity index (χ0n) is 12.2. The summed E-state index contributed by atoms with van der Waals surface area (Å²) in [6.45, 7) is 4.88. The molecule has 1 aromatic heterocycles. The summed E-state index contributed by atoms with van der Waals surface area (Å²) in [4.78, 5) is 2.09. The topological polar surface area (TPSA) is 41.1 Å². The minimum absolute atomic E-state index is 0.291. The molecule has 114 valence electrons. The summed E-state index contributed by atoms with van der Waals surface area (Å²) in [6, 6.07) is 2.53. The molecule has 0 bridgehead atoms. The van der Waals surface area contributed by atoms with Crippen molar-refractivity contribution in [2.24, 2.45) is 5.92 Å². The van der Waals surface area contributed by atoms with Gasteiger partial charge in [0.1, 0.15) is 5.82 Å². The van der Waals surface area contributed by atoms with Crippen LogP contribution in [0, 0.1) is 5.92 Å². The standard InChI is InChI=1S/C13H21F3N4/c1-9(2)7-10(20(3)4)8-17-12-6-5-11(18-19-12)13(14,15)16/h5-6,9-10H,7-8H2,1-4H3,(H,17,19). The van der Waals surface area contributed by atoms with Crippen molar-refractivity contribution < 1.29 is 13.2 Å². The summed E-state index contributed by atoms with van der Waals surface area (Å²) < 4.78 is 37.1. The monoisotopic (exact) mass is 290 g/mol. The Labute approximate surface area is 117 Å².